The maximum absolute atomic E-state index is 5.75. The number of hydrogen-bond acceptors (Lipinski definition) is 4. The molecule has 0 saturated carbocycles. The van der Waals surface area contributed by atoms with Gasteiger partial charge in [-0.15, -0.1) is 0 Å². The first-order chi connectivity index (χ1) is 6.79. The van der Waals surface area contributed by atoms with Crippen LogP contribution in [0.2, 0.25) is 0 Å². The Morgan fingerprint density at radius 3 is 3.07 bits per heavy atom. The molecule has 0 fully saturated rings. The molecule has 5 nitrogen and oxygen atoms in total. The van der Waals surface area contributed by atoms with Crippen molar-refractivity contribution >= 4 is 11.5 Å². The summed E-state index contributed by atoms with van der Waals surface area (Å²) in [6, 6.07) is 0. The quantitative estimate of drug-likeness (QED) is 0.667. The number of anilines is 2. The van der Waals surface area contributed by atoms with Crippen LogP contribution in [0.15, 0.2) is 6.20 Å². The van der Waals surface area contributed by atoms with Gasteiger partial charge >= 0.3 is 0 Å². The molecule has 1 aromatic rings. The monoisotopic (exact) mass is 198 g/mol. The lowest BCUT2D eigenvalue weighted by atomic mass is 10.4. The van der Waals surface area contributed by atoms with Crippen LogP contribution < -0.4 is 11.1 Å². The number of ether oxygens (including phenoxy) is 1. The summed E-state index contributed by atoms with van der Waals surface area (Å²) in [5.41, 5.74) is 6.45. The Morgan fingerprint density at radius 2 is 2.43 bits per heavy atom. The van der Waals surface area contributed by atoms with Gasteiger partial charge in [-0.1, -0.05) is 0 Å². The van der Waals surface area contributed by atoms with Gasteiger partial charge < -0.3 is 15.8 Å². The van der Waals surface area contributed by atoms with E-state index in [4.69, 9.17) is 10.5 Å². The molecule has 0 aliphatic rings. The van der Waals surface area contributed by atoms with E-state index in [0.717, 1.165) is 31.9 Å². The van der Waals surface area contributed by atoms with E-state index in [0.29, 0.717) is 5.69 Å². The molecule has 0 bridgehead atoms. The van der Waals surface area contributed by atoms with Gasteiger partial charge in [-0.05, 0) is 13.3 Å². The molecule has 3 N–H and O–H groups in total. The molecule has 5 heteroatoms. The molecule has 0 aliphatic carbocycles. The summed E-state index contributed by atoms with van der Waals surface area (Å²) in [5.74, 6) is 0.906. The van der Waals surface area contributed by atoms with Crippen LogP contribution in [0.25, 0.3) is 0 Å². The first kappa shape index (κ1) is 10.8. The highest BCUT2D eigenvalue weighted by molar-refractivity contribution is 5.60. The van der Waals surface area contributed by atoms with E-state index in [-0.39, 0.29) is 0 Å². The molecule has 14 heavy (non-hydrogen) atoms. The standard InChI is InChI=1S/C9H18N4O/c1-3-11-9-8(10)7-12-13(9)5-4-6-14-2/h7,11H,3-6,10H2,1-2H3. The fraction of sp³-hybridized carbons (Fsp3) is 0.667. The third-order valence-corrected chi connectivity index (χ3v) is 1.93. The first-order valence-electron chi connectivity index (χ1n) is 4.83. The van der Waals surface area contributed by atoms with Gasteiger partial charge in [0.15, 0.2) is 0 Å². The summed E-state index contributed by atoms with van der Waals surface area (Å²) in [4.78, 5) is 0. The molecule has 0 aliphatic heterocycles. The van der Waals surface area contributed by atoms with Gasteiger partial charge in [0.05, 0.1) is 11.9 Å². The van der Waals surface area contributed by atoms with Gasteiger partial charge in [0.25, 0.3) is 0 Å². The summed E-state index contributed by atoms with van der Waals surface area (Å²) >= 11 is 0. The van der Waals surface area contributed by atoms with E-state index in [2.05, 4.69) is 10.4 Å². The molecule has 0 radical (unpaired) electrons. The van der Waals surface area contributed by atoms with Crippen LogP contribution >= 0.6 is 0 Å². The van der Waals surface area contributed by atoms with Crippen LogP contribution in [0, 0.1) is 0 Å². The second-order valence-electron chi connectivity index (χ2n) is 3.05. The summed E-state index contributed by atoms with van der Waals surface area (Å²) in [5, 5.41) is 7.37. The number of nitrogens with one attached hydrogen (secondary N) is 1. The second kappa shape index (κ2) is 5.49. The van der Waals surface area contributed by atoms with E-state index in [1.54, 1.807) is 13.3 Å². The van der Waals surface area contributed by atoms with Crippen molar-refractivity contribution in [2.45, 2.75) is 19.9 Å². The minimum Gasteiger partial charge on any atom is -0.394 e. The number of rotatable bonds is 6. The molecule has 0 amide bonds. The summed E-state index contributed by atoms with van der Waals surface area (Å²) in [6.45, 7) is 4.45. The van der Waals surface area contributed by atoms with E-state index in [9.17, 15) is 0 Å². The van der Waals surface area contributed by atoms with E-state index in [1.807, 2.05) is 11.6 Å². The molecule has 0 atom stereocenters. The van der Waals surface area contributed by atoms with Gasteiger partial charge in [0.2, 0.25) is 0 Å². The lowest BCUT2D eigenvalue weighted by Gasteiger charge is -2.08. The Morgan fingerprint density at radius 1 is 1.64 bits per heavy atom. The Labute approximate surface area is 84.2 Å². The highest BCUT2D eigenvalue weighted by Crippen LogP contribution is 2.17. The van der Waals surface area contributed by atoms with Crippen molar-refractivity contribution in [2.24, 2.45) is 0 Å². The lowest BCUT2D eigenvalue weighted by Crippen LogP contribution is -2.10. The van der Waals surface area contributed by atoms with E-state index >= 15 is 0 Å². The molecule has 0 saturated heterocycles. The van der Waals surface area contributed by atoms with Crippen LogP contribution in [0.3, 0.4) is 0 Å². The van der Waals surface area contributed by atoms with Crippen molar-refractivity contribution in [3.63, 3.8) is 0 Å². The van der Waals surface area contributed by atoms with Crippen molar-refractivity contribution in [3.8, 4) is 0 Å². The van der Waals surface area contributed by atoms with Crippen molar-refractivity contribution in [2.75, 3.05) is 31.3 Å². The number of nitrogens with zero attached hydrogens (tertiary/aromatic N) is 2. The highest BCUT2D eigenvalue weighted by atomic mass is 16.5. The normalized spacial score (nSPS) is 10.4. The number of hydrogen-bond donors (Lipinski definition) is 2. The molecule has 0 unspecified atom stereocenters. The Bertz CT molecular complexity index is 272. The topological polar surface area (TPSA) is 65.1 Å². The van der Waals surface area contributed by atoms with E-state index < -0.39 is 0 Å². The van der Waals surface area contributed by atoms with Crippen molar-refractivity contribution < 1.29 is 4.74 Å². The minimum atomic E-state index is 0.698. The molecule has 80 valence electrons. The Kier molecular flexibility index (Phi) is 4.25. The van der Waals surface area contributed by atoms with Crippen molar-refractivity contribution in [1.82, 2.24) is 9.78 Å². The Balaban J connectivity index is 2.56. The zero-order valence-electron chi connectivity index (χ0n) is 8.79. The predicted octanol–water partition coefficient (Wildman–Crippen LogP) is 0.934. The van der Waals surface area contributed by atoms with Gasteiger partial charge in [-0.25, -0.2) is 4.68 Å². The molecular formula is C9H18N4O. The van der Waals surface area contributed by atoms with Crippen molar-refractivity contribution in [3.05, 3.63) is 6.20 Å². The third-order valence-electron chi connectivity index (χ3n) is 1.93. The molecule has 0 aromatic carbocycles. The average molecular weight is 198 g/mol. The number of nitrogens with two attached hydrogens (primary N) is 1. The smallest absolute Gasteiger partial charge is 0.147 e. The summed E-state index contributed by atoms with van der Waals surface area (Å²) in [7, 11) is 1.70. The average Bonchev–Trinajstić information content (AvgIpc) is 2.51. The van der Waals surface area contributed by atoms with Gasteiger partial charge in [-0.2, -0.15) is 5.10 Å². The zero-order chi connectivity index (χ0) is 10.4. The number of aromatic nitrogens is 2. The number of nitrogen functional groups attached to an aromatic ring is 1. The minimum absolute atomic E-state index is 0.698. The molecule has 0 spiro atoms. The lowest BCUT2D eigenvalue weighted by molar-refractivity contribution is 0.189. The van der Waals surface area contributed by atoms with Gasteiger partial charge in [-0.3, -0.25) is 0 Å². The van der Waals surface area contributed by atoms with Crippen LogP contribution in [-0.2, 0) is 11.3 Å². The molecular weight excluding hydrogens is 180 g/mol. The zero-order valence-corrected chi connectivity index (χ0v) is 8.79. The fourth-order valence-corrected chi connectivity index (χ4v) is 1.29. The maximum atomic E-state index is 5.75. The highest BCUT2D eigenvalue weighted by Gasteiger charge is 2.05. The SMILES string of the molecule is CCNc1c(N)cnn1CCCOC. The van der Waals surface area contributed by atoms with Crippen LogP contribution in [0.4, 0.5) is 11.5 Å². The van der Waals surface area contributed by atoms with Crippen LogP contribution in [0.5, 0.6) is 0 Å². The fourth-order valence-electron chi connectivity index (χ4n) is 1.29. The van der Waals surface area contributed by atoms with Crippen LogP contribution in [0.1, 0.15) is 13.3 Å². The third kappa shape index (κ3) is 2.63. The molecule has 1 heterocycles. The van der Waals surface area contributed by atoms with Gasteiger partial charge in [0, 0.05) is 26.8 Å². The van der Waals surface area contributed by atoms with Crippen LogP contribution in [-0.4, -0.2) is 30.0 Å². The van der Waals surface area contributed by atoms with E-state index in [1.165, 1.54) is 0 Å². The summed E-state index contributed by atoms with van der Waals surface area (Å²) in [6.07, 6.45) is 2.61. The molecule has 1 rings (SSSR count). The maximum Gasteiger partial charge on any atom is 0.147 e. The predicted molar refractivity (Wildman–Crippen MR) is 57.3 cm³/mol. The molecule has 1 aromatic heterocycles. The largest absolute Gasteiger partial charge is 0.394 e. The van der Waals surface area contributed by atoms with Gasteiger partial charge in [0.1, 0.15) is 5.82 Å². The Hall–Kier alpha value is -1.23. The number of aryl methyl sites for hydroxylation is 1. The second-order valence-corrected chi connectivity index (χ2v) is 3.05. The summed E-state index contributed by atoms with van der Waals surface area (Å²) < 4.78 is 6.85. The van der Waals surface area contributed by atoms with Crippen molar-refractivity contribution in [1.29, 1.82) is 0 Å². The first-order valence-corrected chi connectivity index (χ1v) is 4.83. The number of methoxy groups -OCH3 is 1.